The van der Waals surface area contributed by atoms with Crippen LogP contribution in [0.2, 0.25) is 0 Å². The van der Waals surface area contributed by atoms with E-state index in [1.54, 1.807) is 12.4 Å². The maximum absolute atomic E-state index is 13.2. The Morgan fingerprint density at radius 1 is 1.11 bits per heavy atom. The van der Waals surface area contributed by atoms with Crippen LogP contribution in [0.1, 0.15) is 44.0 Å². The quantitative estimate of drug-likeness (QED) is 0.904. The Balaban J connectivity index is 2.14. The van der Waals surface area contributed by atoms with Crippen molar-refractivity contribution in [3.05, 3.63) is 53.7 Å². The first-order chi connectivity index (χ1) is 9.06. The molecule has 0 radical (unpaired) electrons. The van der Waals surface area contributed by atoms with E-state index in [2.05, 4.69) is 29.1 Å². The smallest absolute Gasteiger partial charge is 0.130 e. The molecule has 1 atom stereocenters. The number of hydrogen-bond acceptors (Lipinski definition) is 3. The van der Waals surface area contributed by atoms with Gasteiger partial charge in [0.1, 0.15) is 18.0 Å². The van der Waals surface area contributed by atoms with Gasteiger partial charge in [-0.05, 0) is 30.5 Å². The molecule has 0 fully saturated rings. The maximum Gasteiger partial charge on any atom is 0.130 e. The minimum Gasteiger partial charge on any atom is -0.363 e. The molecule has 1 N–H and O–H groups in total. The highest BCUT2D eigenvalue weighted by Crippen LogP contribution is 2.20. The van der Waals surface area contributed by atoms with E-state index in [1.807, 2.05) is 19.1 Å². The van der Waals surface area contributed by atoms with E-state index >= 15 is 0 Å². The van der Waals surface area contributed by atoms with Gasteiger partial charge in [0.2, 0.25) is 0 Å². The monoisotopic (exact) mass is 259 g/mol. The van der Waals surface area contributed by atoms with Gasteiger partial charge in [0, 0.05) is 11.8 Å². The van der Waals surface area contributed by atoms with E-state index < -0.39 is 0 Å². The average Bonchev–Trinajstić information content (AvgIpc) is 2.39. The molecule has 0 aliphatic rings. The van der Waals surface area contributed by atoms with Crippen molar-refractivity contribution in [2.45, 2.75) is 32.7 Å². The zero-order chi connectivity index (χ0) is 13.8. The number of nitrogens with zero attached hydrogens (tertiary/aromatic N) is 2. The number of nitrogens with one attached hydrogen (secondary N) is 1. The number of rotatable bonds is 4. The lowest BCUT2D eigenvalue weighted by Crippen LogP contribution is -2.09. The Labute approximate surface area is 112 Å². The Bertz CT molecular complexity index is 555. The van der Waals surface area contributed by atoms with E-state index in [0.29, 0.717) is 5.92 Å². The van der Waals surface area contributed by atoms with Crippen molar-refractivity contribution >= 4 is 5.82 Å². The second-order valence-corrected chi connectivity index (χ2v) is 4.90. The summed E-state index contributed by atoms with van der Waals surface area (Å²) < 4.78 is 13.2. The van der Waals surface area contributed by atoms with Crippen molar-refractivity contribution in [1.82, 2.24) is 9.97 Å². The molecule has 0 saturated carbocycles. The fraction of sp³-hybridized carbons (Fsp3) is 0.333. The summed E-state index contributed by atoms with van der Waals surface area (Å²) in [6.07, 6.45) is 1.55. The lowest BCUT2D eigenvalue weighted by molar-refractivity contribution is 0.623. The van der Waals surface area contributed by atoms with Crippen LogP contribution in [-0.2, 0) is 0 Å². The molecule has 19 heavy (non-hydrogen) atoms. The SMILES string of the molecule is CC(C)c1cc(NC(C)c2cccc(F)c2)ncn1. The molecule has 0 bridgehead atoms. The molecule has 1 aromatic carbocycles. The molecule has 2 rings (SSSR count). The standard InChI is InChI=1S/C15H18FN3/c1-10(2)14-8-15(18-9-17-14)19-11(3)12-5-4-6-13(16)7-12/h4-11H,1-3H3,(H,17,18,19). The van der Waals surface area contributed by atoms with Crippen LogP contribution in [0, 0.1) is 5.82 Å². The van der Waals surface area contributed by atoms with Crippen LogP contribution in [0.15, 0.2) is 36.7 Å². The third-order valence-electron chi connectivity index (χ3n) is 2.99. The summed E-state index contributed by atoms with van der Waals surface area (Å²) >= 11 is 0. The molecule has 1 aromatic heterocycles. The summed E-state index contributed by atoms with van der Waals surface area (Å²) in [5.74, 6) is 0.889. The van der Waals surface area contributed by atoms with Crippen LogP contribution in [0.5, 0.6) is 0 Å². The van der Waals surface area contributed by atoms with Crippen LogP contribution in [-0.4, -0.2) is 9.97 Å². The molecular formula is C15H18FN3. The van der Waals surface area contributed by atoms with Gasteiger partial charge < -0.3 is 5.32 Å². The second kappa shape index (κ2) is 5.78. The van der Waals surface area contributed by atoms with Gasteiger partial charge in [0.15, 0.2) is 0 Å². The normalized spacial score (nSPS) is 12.5. The van der Waals surface area contributed by atoms with E-state index in [9.17, 15) is 4.39 Å². The highest BCUT2D eigenvalue weighted by molar-refractivity contribution is 5.39. The van der Waals surface area contributed by atoms with Crippen molar-refractivity contribution in [1.29, 1.82) is 0 Å². The van der Waals surface area contributed by atoms with Crippen LogP contribution >= 0.6 is 0 Å². The highest BCUT2D eigenvalue weighted by atomic mass is 19.1. The molecule has 100 valence electrons. The third kappa shape index (κ3) is 3.50. The lowest BCUT2D eigenvalue weighted by Gasteiger charge is -2.15. The number of anilines is 1. The van der Waals surface area contributed by atoms with Crippen molar-refractivity contribution in [2.24, 2.45) is 0 Å². The molecule has 0 aliphatic heterocycles. The summed E-state index contributed by atoms with van der Waals surface area (Å²) in [4.78, 5) is 8.42. The van der Waals surface area contributed by atoms with Crippen molar-refractivity contribution in [2.75, 3.05) is 5.32 Å². The first kappa shape index (κ1) is 13.5. The van der Waals surface area contributed by atoms with Gasteiger partial charge in [-0.15, -0.1) is 0 Å². The van der Waals surface area contributed by atoms with Gasteiger partial charge in [0.25, 0.3) is 0 Å². The fourth-order valence-electron chi connectivity index (χ4n) is 1.85. The molecule has 0 spiro atoms. The lowest BCUT2D eigenvalue weighted by atomic mass is 10.1. The summed E-state index contributed by atoms with van der Waals surface area (Å²) in [5.41, 5.74) is 1.88. The van der Waals surface area contributed by atoms with Gasteiger partial charge in [-0.1, -0.05) is 26.0 Å². The number of benzene rings is 1. The predicted molar refractivity (Wildman–Crippen MR) is 74.6 cm³/mol. The van der Waals surface area contributed by atoms with E-state index in [1.165, 1.54) is 12.1 Å². The summed E-state index contributed by atoms with van der Waals surface area (Å²) in [5, 5.41) is 3.26. The van der Waals surface area contributed by atoms with Crippen LogP contribution in [0.3, 0.4) is 0 Å². The van der Waals surface area contributed by atoms with Crippen molar-refractivity contribution in [3.63, 3.8) is 0 Å². The Hall–Kier alpha value is -1.97. The predicted octanol–water partition coefficient (Wildman–Crippen LogP) is 3.91. The first-order valence-corrected chi connectivity index (χ1v) is 6.40. The summed E-state index contributed by atoms with van der Waals surface area (Å²) in [7, 11) is 0. The zero-order valence-electron chi connectivity index (χ0n) is 11.4. The Morgan fingerprint density at radius 2 is 1.89 bits per heavy atom. The van der Waals surface area contributed by atoms with E-state index in [0.717, 1.165) is 17.1 Å². The zero-order valence-corrected chi connectivity index (χ0v) is 11.4. The number of aromatic nitrogens is 2. The minimum absolute atomic E-state index is 0.00869. The third-order valence-corrected chi connectivity index (χ3v) is 2.99. The largest absolute Gasteiger partial charge is 0.363 e. The highest BCUT2D eigenvalue weighted by Gasteiger charge is 2.08. The van der Waals surface area contributed by atoms with Crippen LogP contribution in [0.4, 0.5) is 10.2 Å². The fourth-order valence-corrected chi connectivity index (χ4v) is 1.85. The van der Waals surface area contributed by atoms with E-state index in [-0.39, 0.29) is 11.9 Å². The van der Waals surface area contributed by atoms with Crippen LogP contribution < -0.4 is 5.32 Å². The molecule has 0 amide bonds. The van der Waals surface area contributed by atoms with Gasteiger partial charge in [-0.25, -0.2) is 14.4 Å². The van der Waals surface area contributed by atoms with Crippen molar-refractivity contribution in [3.8, 4) is 0 Å². The molecule has 0 aliphatic carbocycles. The Kier molecular flexibility index (Phi) is 4.10. The van der Waals surface area contributed by atoms with Gasteiger partial charge >= 0.3 is 0 Å². The first-order valence-electron chi connectivity index (χ1n) is 6.40. The Morgan fingerprint density at radius 3 is 2.58 bits per heavy atom. The average molecular weight is 259 g/mol. The molecule has 2 aromatic rings. The van der Waals surface area contributed by atoms with Gasteiger partial charge in [-0.3, -0.25) is 0 Å². The van der Waals surface area contributed by atoms with Crippen LogP contribution in [0.25, 0.3) is 0 Å². The van der Waals surface area contributed by atoms with E-state index in [4.69, 9.17) is 0 Å². The maximum atomic E-state index is 13.2. The van der Waals surface area contributed by atoms with Crippen molar-refractivity contribution < 1.29 is 4.39 Å². The molecule has 3 nitrogen and oxygen atoms in total. The van der Waals surface area contributed by atoms with Gasteiger partial charge in [0.05, 0.1) is 6.04 Å². The molecule has 1 unspecified atom stereocenters. The molecule has 1 heterocycles. The molecular weight excluding hydrogens is 241 g/mol. The second-order valence-electron chi connectivity index (χ2n) is 4.90. The van der Waals surface area contributed by atoms with Gasteiger partial charge in [-0.2, -0.15) is 0 Å². The molecule has 0 saturated heterocycles. The topological polar surface area (TPSA) is 37.8 Å². The number of halogens is 1. The summed E-state index contributed by atoms with van der Waals surface area (Å²) in [6.45, 7) is 6.15. The summed E-state index contributed by atoms with van der Waals surface area (Å²) in [6, 6.07) is 8.50. The number of hydrogen-bond donors (Lipinski definition) is 1. The minimum atomic E-state index is -0.225. The molecule has 4 heteroatoms.